The number of nitrogens with zero attached hydrogens (tertiary/aromatic N) is 1. The van der Waals surface area contributed by atoms with Gasteiger partial charge in [-0.05, 0) is 49.5 Å². The summed E-state index contributed by atoms with van der Waals surface area (Å²) >= 11 is 6.26. The van der Waals surface area contributed by atoms with Gasteiger partial charge in [-0.3, -0.25) is 4.79 Å². The zero-order valence-corrected chi connectivity index (χ0v) is 15.0. The molecule has 1 aromatic carbocycles. The normalized spacial score (nSPS) is 19.7. The highest BCUT2D eigenvalue weighted by Gasteiger charge is 2.42. The molecule has 0 aromatic heterocycles. The smallest absolute Gasteiger partial charge is 0.231 e. The van der Waals surface area contributed by atoms with E-state index in [-0.39, 0.29) is 23.7 Å². The Kier molecular flexibility index (Phi) is 6.32. The summed E-state index contributed by atoms with van der Waals surface area (Å²) < 4.78 is 5.39. The number of piperidine rings is 1. The number of benzene rings is 1. The van der Waals surface area contributed by atoms with E-state index in [0.717, 1.165) is 43.9 Å². The largest absolute Gasteiger partial charge is 0.384 e. The highest BCUT2D eigenvalue weighted by atomic mass is 35.5. The summed E-state index contributed by atoms with van der Waals surface area (Å²) in [5.41, 5.74) is 2.00. The Morgan fingerprint density at radius 1 is 1.39 bits per heavy atom. The molecule has 0 atom stereocenters. The predicted molar refractivity (Wildman–Crippen MR) is 94.2 cm³/mol. The van der Waals surface area contributed by atoms with E-state index < -0.39 is 0 Å². The first-order chi connectivity index (χ1) is 10.7. The molecular weight excluding hydrogens is 335 g/mol. The number of carbonyl (C=O) groups is 1. The lowest BCUT2D eigenvalue weighted by molar-refractivity contribution is -0.148. The molecule has 1 fully saturated rings. The second-order valence-corrected chi connectivity index (χ2v) is 6.72. The maximum Gasteiger partial charge on any atom is 0.231 e. The number of hydrogen-bond donors (Lipinski definition) is 1. The maximum absolute atomic E-state index is 13.1. The Hall–Kier alpha value is -0.810. The first-order valence-corrected chi connectivity index (χ1v) is 8.29. The second-order valence-electron chi connectivity index (χ2n) is 6.32. The van der Waals surface area contributed by atoms with E-state index in [0.29, 0.717) is 13.2 Å². The van der Waals surface area contributed by atoms with Gasteiger partial charge in [0.25, 0.3) is 0 Å². The molecular formula is C17H24Cl2N2O2. The van der Waals surface area contributed by atoms with Gasteiger partial charge >= 0.3 is 0 Å². The van der Waals surface area contributed by atoms with Gasteiger partial charge in [0.15, 0.2) is 0 Å². The molecule has 1 saturated heterocycles. The minimum Gasteiger partial charge on any atom is -0.384 e. The summed E-state index contributed by atoms with van der Waals surface area (Å²) in [6.45, 7) is 3.67. The minimum atomic E-state index is -0.365. The number of nitrogens with one attached hydrogen (secondary N) is 1. The van der Waals surface area contributed by atoms with E-state index in [2.05, 4.69) is 11.4 Å². The number of halogens is 2. The van der Waals surface area contributed by atoms with Crippen molar-refractivity contribution in [1.82, 2.24) is 10.2 Å². The third-order valence-corrected chi connectivity index (χ3v) is 5.29. The van der Waals surface area contributed by atoms with Gasteiger partial charge in [-0.2, -0.15) is 0 Å². The number of methoxy groups -OCH3 is 1. The van der Waals surface area contributed by atoms with Gasteiger partial charge in [0, 0.05) is 25.2 Å². The number of ether oxygens (including phenoxy) is 1. The fourth-order valence-corrected chi connectivity index (χ4v) is 3.96. The third-order valence-electron chi connectivity index (χ3n) is 4.93. The van der Waals surface area contributed by atoms with Gasteiger partial charge in [0.2, 0.25) is 5.91 Å². The number of carbonyl (C=O) groups excluding carboxylic acids is 1. The number of fused-ring (bicyclic) bond motifs is 1. The lowest BCUT2D eigenvalue weighted by Gasteiger charge is -2.41. The Bertz CT molecular complexity index is 554. The van der Waals surface area contributed by atoms with Crippen LogP contribution in [0.5, 0.6) is 0 Å². The zero-order valence-electron chi connectivity index (χ0n) is 13.4. The third kappa shape index (κ3) is 3.66. The van der Waals surface area contributed by atoms with Crippen LogP contribution in [0.3, 0.4) is 0 Å². The molecule has 4 nitrogen and oxygen atoms in total. The molecule has 128 valence electrons. The van der Waals surface area contributed by atoms with Crippen molar-refractivity contribution in [1.29, 1.82) is 0 Å². The van der Waals surface area contributed by atoms with Gasteiger partial charge in [-0.1, -0.05) is 23.7 Å². The van der Waals surface area contributed by atoms with Crippen molar-refractivity contribution >= 4 is 29.9 Å². The Balaban J connectivity index is 0.00000192. The molecule has 1 N–H and O–H groups in total. The van der Waals surface area contributed by atoms with E-state index in [9.17, 15) is 4.79 Å². The molecule has 0 spiro atoms. The van der Waals surface area contributed by atoms with Crippen LogP contribution < -0.4 is 5.32 Å². The first kappa shape index (κ1) is 18.5. The van der Waals surface area contributed by atoms with Crippen LogP contribution in [0.15, 0.2) is 18.2 Å². The van der Waals surface area contributed by atoms with Crippen molar-refractivity contribution in [2.24, 2.45) is 5.41 Å². The molecule has 0 aliphatic carbocycles. The molecule has 23 heavy (non-hydrogen) atoms. The minimum absolute atomic E-state index is 0. The summed E-state index contributed by atoms with van der Waals surface area (Å²) in [7, 11) is 1.68. The van der Waals surface area contributed by atoms with Crippen LogP contribution in [0.25, 0.3) is 0 Å². The van der Waals surface area contributed by atoms with Gasteiger partial charge in [0.05, 0.1) is 12.0 Å². The van der Waals surface area contributed by atoms with Crippen molar-refractivity contribution in [3.05, 3.63) is 34.3 Å². The fraction of sp³-hybridized carbons (Fsp3) is 0.588. The molecule has 1 amide bonds. The molecule has 2 aliphatic rings. The van der Waals surface area contributed by atoms with E-state index in [4.69, 9.17) is 16.3 Å². The van der Waals surface area contributed by atoms with Crippen molar-refractivity contribution in [3.63, 3.8) is 0 Å². The average Bonchev–Trinajstić information content (AvgIpc) is 2.55. The molecule has 0 saturated carbocycles. The summed E-state index contributed by atoms with van der Waals surface area (Å²) in [6, 6.07) is 5.97. The second kappa shape index (κ2) is 7.84. The summed E-state index contributed by atoms with van der Waals surface area (Å²) in [5, 5.41) is 4.15. The molecule has 2 heterocycles. The van der Waals surface area contributed by atoms with Crippen LogP contribution in [0.4, 0.5) is 0 Å². The quantitative estimate of drug-likeness (QED) is 0.902. The van der Waals surface area contributed by atoms with E-state index in [1.807, 2.05) is 17.0 Å². The Labute approximate surface area is 148 Å². The van der Waals surface area contributed by atoms with Crippen LogP contribution in [-0.2, 0) is 22.5 Å². The molecule has 6 heteroatoms. The van der Waals surface area contributed by atoms with Crippen LogP contribution in [-0.4, -0.2) is 44.2 Å². The van der Waals surface area contributed by atoms with Crippen molar-refractivity contribution < 1.29 is 9.53 Å². The van der Waals surface area contributed by atoms with E-state index in [1.165, 1.54) is 11.1 Å². The molecule has 3 rings (SSSR count). The molecule has 0 unspecified atom stereocenters. The fourth-order valence-electron chi connectivity index (χ4n) is 3.67. The average molecular weight is 359 g/mol. The number of amides is 1. The van der Waals surface area contributed by atoms with Crippen molar-refractivity contribution in [2.75, 3.05) is 33.4 Å². The molecule has 1 aromatic rings. The lowest BCUT2D eigenvalue weighted by Crippen LogP contribution is -2.52. The molecule has 2 aliphatic heterocycles. The highest BCUT2D eigenvalue weighted by molar-refractivity contribution is 6.31. The standard InChI is InChI=1S/C17H23ClN2O2.ClH/c1-22-12-17(6-8-19-9-7-17)16(21)20-10-5-14-13(11-20)3-2-4-15(14)18;/h2-4,19H,5-12H2,1H3;1H. The maximum atomic E-state index is 13.1. The summed E-state index contributed by atoms with van der Waals surface area (Å²) in [5.74, 6) is 0.237. The van der Waals surface area contributed by atoms with Gasteiger partial charge in [-0.25, -0.2) is 0 Å². The number of rotatable bonds is 3. The lowest BCUT2D eigenvalue weighted by atomic mass is 9.77. The van der Waals surface area contributed by atoms with Gasteiger partial charge < -0.3 is 15.0 Å². The van der Waals surface area contributed by atoms with Crippen LogP contribution >= 0.6 is 24.0 Å². The van der Waals surface area contributed by atoms with Crippen LogP contribution in [0, 0.1) is 5.41 Å². The van der Waals surface area contributed by atoms with Crippen LogP contribution in [0.1, 0.15) is 24.0 Å². The monoisotopic (exact) mass is 358 g/mol. The number of hydrogen-bond acceptors (Lipinski definition) is 3. The first-order valence-electron chi connectivity index (χ1n) is 7.91. The van der Waals surface area contributed by atoms with Gasteiger partial charge in [-0.15, -0.1) is 12.4 Å². The predicted octanol–water partition coefficient (Wildman–Crippen LogP) is 2.66. The van der Waals surface area contributed by atoms with Crippen molar-refractivity contribution in [2.45, 2.75) is 25.8 Å². The van der Waals surface area contributed by atoms with Crippen molar-refractivity contribution in [3.8, 4) is 0 Å². The Morgan fingerprint density at radius 2 is 2.13 bits per heavy atom. The van der Waals surface area contributed by atoms with Crippen LogP contribution in [0.2, 0.25) is 5.02 Å². The molecule has 0 radical (unpaired) electrons. The zero-order chi connectivity index (χ0) is 15.6. The topological polar surface area (TPSA) is 41.6 Å². The highest BCUT2D eigenvalue weighted by Crippen LogP contribution is 2.34. The van der Waals surface area contributed by atoms with E-state index >= 15 is 0 Å². The van der Waals surface area contributed by atoms with Gasteiger partial charge in [0.1, 0.15) is 0 Å². The summed E-state index contributed by atoms with van der Waals surface area (Å²) in [6.07, 6.45) is 2.53. The Morgan fingerprint density at radius 3 is 2.83 bits per heavy atom. The SMILES string of the molecule is COCC1(C(=O)N2CCc3c(Cl)cccc3C2)CCNCC1.Cl. The summed E-state index contributed by atoms with van der Waals surface area (Å²) in [4.78, 5) is 15.1. The molecule has 0 bridgehead atoms. The van der Waals surface area contributed by atoms with E-state index in [1.54, 1.807) is 7.11 Å².